The van der Waals surface area contributed by atoms with E-state index in [1.165, 1.54) is 17.7 Å². The van der Waals surface area contributed by atoms with Gasteiger partial charge in [0.15, 0.2) is 0 Å². The number of cyclic esters (lactones) is 1. The average Bonchev–Trinajstić information content (AvgIpc) is 2.80. The summed E-state index contributed by atoms with van der Waals surface area (Å²) in [6, 6.07) is 0. The lowest BCUT2D eigenvalue weighted by Crippen LogP contribution is -3.11. The first-order valence-electron chi connectivity index (χ1n) is 8.20. The molecule has 0 aromatic heterocycles. The van der Waals surface area contributed by atoms with Gasteiger partial charge in [-0.1, -0.05) is 25.7 Å². The van der Waals surface area contributed by atoms with Crippen LogP contribution in [0.25, 0.3) is 0 Å². The van der Waals surface area contributed by atoms with E-state index in [1.54, 1.807) is 0 Å². The topological polar surface area (TPSA) is 30.7 Å². The quantitative estimate of drug-likeness (QED) is 0.418. The van der Waals surface area contributed by atoms with E-state index in [9.17, 15) is 4.79 Å². The van der Waals surface area contributed by atoms with Crippen LogP contribution in [-0.4, -0.2) is 31.7 Å². The third-order valence-corrected chi connectivity index (χ3v) is 4.11. The number of carbonyl (C=O) groups excluding carboxylic acids is 1. The van der Waals surface area contributed by atoms with Crippen molar-refractivity contribution in [2.45, 2.75) is 65.4 Å². The Balaban J connectivity index is 2.27. The molecular formula is C17H30NO2+. The van der Waals surface area contributed by atoms with Crippen molar-refractivity contribution < 1.29 is 14.4 Å². The van der Waals surface area contributed by atoms with E-state index >= 15 is 0 Å². The van der Waals surface area contributed by atoms with E-state index in [-0.39, 0.29) is 18.0 Å². The molecule has 0 aromatic rings. The Hall–Kier alpha value is -1.01. The number of quaternary nitrogens is 1. The summed E-state index contributed by atoms with van der Waals surface area (Å²) in [7, 11) is 0. The maximum atomic E-state index is 11.8. The zero-order valence-corrected chi connectivity index (χ0v) is 13.3. The zero-order valence-electron chi connectivity index (χ0n) is 13.3. The molecule has 0 unspecified atom stereocenters. The van der Waals surface area contributed by atoms with Gasteiger partial charge in [-0.25, -0.2) is 0 Å². The zero-order chi connectivity index (χ0) is 14.8. The van der Waals surface area contributed by atoms with E-state index in [0.29, 0.717) is 6.42 Å². The molecule has 2 atom stereocenters. The monoisotopic (exact) mass is 280 g/mol. The van der Waals surface area contributed by atoms with E-state index in [1.807, 2.05) is 0 Å². The van der Waals surface area contributed by atoms with Gasteiger partial charge in [-0.05, 0) is 39.0 Å². The van der Waals surface area contributed by atoms with Crippen molar-refractivity contribution in [3.05, 3.63) is 0 Å². The molecule has 0 spiro atoms. The lowest BCUT2D eigenvalue weighted by molar-refractivity contribution is -0.889. The number of esters is 1. The number of hydrogen-bond acceptors (Lipinski definition) is 2. The fourth-order valence-electron chi connectivity index (χ4n) is 2.57. The van der Waals surface area contributed by atoms with Crippen LogP contribution in [0, 0.1) is 17.8 Å². The molecule has 3 heteroatoms. The molecule has 1 N–H and O–H groups in total. The Kier molecular flexibility index (Phi) is 8.37. The minimum atomic E-state index is -0.0315. The highest BCUT2D eigenvalue weighted by molar-refractivity contribution is 5.75. The first-order chi connectivity index (χ1) is 9.71. The van der Waals surface area contributed by atoms with Crippen LogP contribution in [0.3, 0.4) is 0 Å². The highest BCUT2D eigenvalue weighted by atomic mass is 16.5. The number of unbranched alkanes of at least 4 members (excludes halogenated alkanes) is 2. The first-order valence-corrected chi connectivity index (χ1v) is 8.20. The summed E-state index contributed by atoms with van der Waals surface area (Å²) in [5.74, 6) is 6.36. The highest BCUT2D eigenvalue weighted by Gasteiger charge is 2.33. The molecule has 1 rings (SSSR count). The van der Waals surface area contributed by atoms with E-state index < -0.39 is 0 Å². The molecule has 0 aliphatic carbocycles. The molecular weight excluding hydrogens is 250 g/mol. The van der Waals surface area contributed by atoms with Crippen LogP contribution in [0.5, 0.6) is 0 Å². The summed E-state index contributed by atoms with van der Waals surface area (Å²) in [6.07, 6.45) is 6.31. The molecule has 114 valence electrons. The van der Waals surface area contributed by atoms with Crippen LogP contribution < -0.4 is 4.90 Å². The molecule has 0 amide bonds. The van der Waals surface area contributed by atoms with Gasteiger partial charge in [0.1, 0.15) is 12.6 Å². The standard InChI is InChI=1S/C17H29NO2/c1-4-7-8-12-16-14-15(17(19)20-16)11-9-10-13-18(5-2)6-3/h15-16H,4-8,11-14H2,1-3H3/p+1/t15-,16-/m0/s1. The molecule has 3 nitrogen and oxygen atoms in total. The lowest BCUT2D eigenvalue weighted by atomic mass is 9.99. The van der Waals surface area contributed by atoms with Gasteiger partial charge in [0.25, 0.3) is 0 Å². The summed E-state index contributed by atoms with van der Waals surface area (Å²) in [5, 5.41) is 0. The predicted octanol–water partition coefficient (Wildman–Crippen LogP) is 1.82. The summed E-state index contributed by atoms with van der Waals surface area (Å²) in [5.41, 5.74) is 0. The van der Waals surface area contributed by atoms with Crippen molar-refractivity contribution in [1.82, 2.24) is 0 Å². The van der Waals surface area contributed by atoms with Crippen molar-refractivity contribution in [2.75, 3.05) is 19.6 Å². The molecule has 1 aliphatic heterocycles. The van der Waals surface area contributed by atoms with Crippen LogP contribution in [0.15, 0.2) is 0 Å². The summed E-state index contributed by atoms with van der Waals surface area (Å²) < 4.78 is 5.43. The number of nitrogens with one attached hydrogen (secondary N) is 1. The Morgan fingerprint density at radius 2 is 1.95 bits per heavy atom. The van der Waals surface area contributed by atoms with Gasteiger partial charge >= 0.3 is 5.97 Å². The van der Waals surface area contributed by atoms with Gasteiger partial charge in [-0.2, -0.15) is 0 Å². The van der Waals surface area contributed by atoms with Crippen molar-refractivity contribution in [3.8, 4) is 11.8 Å². The third kappa shape index (κ3) is 5.96. The van der Waals surface area contributed by atoms with Crippen LogP contribution in [-0.2, 0) is 9.53 Å². The van der Waals surface area contributed by atoms with E-state index in [4.69, 9.17) is 4.74 Å². The van der Waals surface area contributed by atoms with Gasteiger partial charge in [-0.3, -0.25) is 4.79 Å². The normalized spacial score (nSPS) is 21.7. The van der Waals surface area contributed by atoms with Gasteiger partial charge in [0.05, 0.1) is 19.0 Å². The van der Waals surface area contributed by atoms with Crippen molar-refractivity contribution in [1.29, 1.82) is 0 Å². The molecule has 0 saturated carbocycles. The lowest BCUT2D eigenvalue weighted by Gasteiger charge is -2.10. The fourth-order valence-corrected chi connectivity index (χ4v) is 2.57. The minimum absolute atomic E-state index is 0.0147. The second-order valence-electron chi connectivity index (χ2n) is 5.68. The van der Waals surface area contributed by atoms with Crippen LogP contribution in [0.4, 0.5) is 0 Å². The molecule has 0 aromatic carbocycles. The second kappa shape index (κ2) is 9.83. The van der Waals surface area contributed by atoms with E-state index in [0.717, 1.165) is 38.9 Å². The number of hydrogen-bond donors (Lipinski definition) is 1. The Morgan fingerprint density at radius 1 is 1.20 bits per heavy atom. The summed E-state index contributed by atoms with van der Waals surface area (Å²) >= 11 is 0. The van der Waals surface area contributed by atoms with Gasteiger partial charge in [-0.15, -0.1) is 0 Å². The average molecular weight is 280 g/mol. The fraction of sp³-hybridized carbons (Fsp3) is 0.824. The first kappa shape index (κ1) is 17.0. The van der Waals surface area contributed by atoms with Crippen LogP contribution >= 0.6 is 0 Å². The summed E-state index contributed by atoms with van der Waals surface area (Å²) in [4.78, 5) is 13.3. The molecule has 0 radical (unpaired) electrons. The highest BCUT2D eigenvalue weighted by Crippen LogP contribution is 2.26. The van der Waals surface area contributed by atoms with Gasteiger partial charge < -0.3 is 9.64 Å². The van der Waals surface area contributed by atoms with Crippen molar-refractivity contribution in [2.24, 2.45) is 5.92 Å². The van der Waals surface area contributed by atoms with Crippen molar-refractivity contribution in [3.63, 3.8) is 0 Å². The minimum Gasteiger partial charge on any atom is -0.462 e. The number of carbonyl (C=O) groups is 1. The largest absolute Gasteiger partial charge is 0.462 e. The van der Waals surface area contributed by atoms with Crippen LogP contribution in [0.1, 0.15) is 59.3 Å². The molecule has 20 heavy (non-hydrogen) atoms. The molecule has 1 saturated heterocycles. The summed E-state index contributed by atoms with van der Waals surface area (Å²) in [6.45, 7) is 9.64. The molecule has 1 aliphatic rings. The number of ether oxygens (including phenoxy) is 1. The van der Waals surface area contributed by atoms with Gasteiger partial charge in [0, 0.05) is 6.42 Å². The Morgan fingerprint density at radius 3 is 2.60 bits per heavy atom. The number of rotatable bonds is 8. The molecule has 1 fully saturated rings. The Labute approximate surface area is 124 Å². The second-order valence-corrected chi connectivity index (χ2v) is 5.68. The Bertz CT molecular complexity index is 339. The molecule has 0 bridgehead atoms. The SMILES string of the molecule is CCCCC[C@H]1C[C@H](CC#CC[NH+](CC)CC)C(=O)O1. The van der Waals surface area contributed by atoms with Crippen molar-refractivity contribution >= 4 is 5.97 Å². The smallest absolute Gasteiger partial charge is 0.310 e. The maximum Gasteiger partial charge on any atom is 0.310 e. The maximum absolute atomic E-state index is 11.8. The third-order valence-electron chi connectivity index (χ3n) is 4.11. The predicted molar refractivity (Wildman–Crippen MR) is 81.4 cm³/mol. The van der Waals surface area contributed by atoms with Crippen LogP contribution in [0.2, 0.25) is 0 Å². The van der Waals surface area contributed by atoms with E-state index in [2.05, 4.69) is 32.6 Å². The molecule has 1 heterocycles. The van der Waals surface area contributed by atoms with Gasteiger partial charge in [0.2, 0.25) is 0 Å².